The van der Waals surface area contributed by atoms with Crippen LogP contribution in [0, 0.1) is 5.82 Å². The van der Waals surface area contributed by atoms with Crippen molar-refractivity contribution in [2.45, 2.75) is 95.9 Å². The molecule has 2 atom stereocenters. The molecule has 0 saturated heterocycles. The zero-order valence-corrected chi connectivity index (χ0v) is 23.1. The van der Waals surface area contributed by atoms with E-state index >= 15 is 4.39 Å². The van der Waals surface area contributed by atoms with Crippen molar-refractivity contribution >= 4 is 29.2 Å². The van der Waals surface area contributed by atoms with Crippen molar-refractivity contribution in [3.05, 3.63) is 62.9 Å². The van der Waals surface area contributed by atoms with Crippen molar-refractivity contribution in [2.24, 2.45) is 0 Å². The van der Waals surface area contributed by atoms with Gasteiger partial charge in [-0.1, -0.05) is 29.6 Å². The highest BCUT2D eigenvalue weighted by molar-refractivity contribution is 6.34. The van der Waals surface area contributed by atoms with Crippen LogP contribution >= 0.6 is 23.2 Å². The monoisotopic (exact) mass is 535 g/mol. The number of rotatable bonds is 7. The molecule has 2 aliphatic carbocycles. The van der Waals surface area contributed by atoms with Crippen LogP contribution in [-0.4, -0.2) is 35.7 Å². The van der Waals surface area contributed by atoms with Crippen LogP contribution in [0.5, 0.6) is 5.75 Å². The Hall–Kier alpha value is -1.82. The summed E-state index contributed by atoms with van der Waals surface area (Å²) in [5.74, 6) is -0.0479. The molecule has 7 heteroatoms. The maximum Gasteiger partial charge on any atom is 0.341 e. The average Bonchev–Trinajstić information content (AvgIpc) is 3.59. The first-order chi connectivity index (χ1) is 17.0. The topological polar surface area (TPSA) is 38.8 Å². The summed E-state index contributed by atoms with van der Waals surface area (Å²) in [6.45, 7) is 5.99. The first-order valence-electron chi connectivity index (χ1n) is 12.9. The van der Waals surface area contributed by atoms with Gasteiger partial charge in [0.15, 0.2) is 0 Å². The van der Waals surface area contributed by atoms with Crippen molar-refractivity contribution in [2.75, 3.05) is 7.05 Å². The van der Waals surface area contributed by atoms with E-state index in [9.17, 15) is 4.79 Å². The largest absolute Gasteiger partial charge is 0.490 e. The van der Waals surface area contributed by atoms with E-state index in [2.05, 4.69) is 11.9 Å². The summed E-state index contributed by atoms with van der Waals surface area (Å²) in [7, 11) is 2.10. The van der Waals surface area contributed by atoms with Crippen LogP contribution < -0.4 is 4.74 Å². The summed E-state index contributed by atoms with van der Waals surface area (Å²) < 4.78 is 26.8. The minimum absolute atomic E-state index is 0.0290. The number of esters is 1. The van der Waals surface area contributed by atoms with E-state index in [1.165, 1.54) is 0 Å². The van der Waals surface area contributed by atoms with E-state index in [4.69, 9.17) is 32.7 Å². The van der Waals surface area contributed by atoms with Gasteiger partial charge in [-0.15, -0.1) is 0 Å². The Morgan fingerprint density at radius 2 is 1.69 bits per heavy atom. The van der Waals surface area contributed by atoms with Gasteiger partial charge < -0.3 is 9.47 Å². The Morgan fingerprint density at radius 1 is 1.03 bits per heavy atom. The third-order valence-electron chi connectivity index (χ3n) is 6.90. The van der Waals surface area contributed by atoms with E-state index in [1.807, 2.05) is 0 Å². The van der Waals surface area contributed by atoms with Crippen molar-refractivity contribution in [1.29, 1.82) is 0 Å². The molecular weight excluding hydrogens is 500 g/mol. The van der Waals surface area contributed by atoms with Crippen LogP contribution in [0.1, 0.15) is 93.1 Å². The molecule has 2 aromatic rings. The van der Waals surface area contributed by atoms with Gasteiger partial charge in [-0.2, -0.15) is 0 Å². The molecule has 0 aromatic heterocycles. The summed E-state index contributed by atoms with van der Waals surface area (Å²) in [5.41, 5.74) is 1.38. The number of carbonyl (C=O) groups is 1. The molecule has 36 heavy (non-hydrogen) atoms. The second kappa shape index (κ2) is 11.3. The summed E-state index contributed by atoms with van der Waals surface area (Å²) in [5, 5.41) is 1.12. The van der Waals surface area contributed by atoms with Gasteiger partial charge in [0, 0.05) is 22.6 Å². The van der Waals surface area contributed by atoms with Gasteiger partial charge in [-0.05, 0) is 114 Å². The minimum atomic E-state index is -0.670. The lowest BCUT2D eigenvalue weighted by Gasteiger charge is -2.30. The van der Waals surface area contributed by atoms with Crippen LogP contribution in [0.25, 0.3) is 0 Å². The molecule has 2 saturated carbocycles. The number of benzene rings is 2. The first kappa shape index (κ1) is 27.2. The number of ether oxygens (including phenoxy) is 2. The van der Waals surface area contributed by atoms with Crippen molar-refractivity contribution < 1.29 is 18.7 Å². The second-order valence-corrected chi connectivity index (χ2v) is 12.1. The summed E-state index contributed by atoms with van der Waals surface area (Å²) in [6.07, 6.45) is 7.31. The third kappa shape index (κ3) is 7.36. The van der Waals surface area contributed by atoms with Crippen LogP contribution in [0.3, 0.4) is 0 Å². The number of nitrogens with zero attached hydrogens (tertiary/aromatic N) is 1. The molecule has 0 radical (unpaired) electrons. The standard InChI is InChI=1S/C29H36Cl2FNO3/c1-29(2,3)36-28(34)26-16-25(18-9-10-18)19(11-27(26)32)17-33(4)22-7-5-6-8-23(15-22)35-24-13-20(30)12-21(31)14-24/h11-14,16,18,22-23H,5-10,15,17H2,1-4H3/t22-,23-/m0/s1. The third-order valence-corrected chi connectivity index (χ3v) is 7.33. The van der Waals surface area contributed by atoms with Crippen LogP contribution in [0.15, 0.2) is 30.3 Å². The predicted octanol–water partition coefficient (Wildman–Crippen LogP) is 8.18. The minimum Gasteiger partial charge on any atom is -0.490 e. The fourth-order valence-electron chi connectivity index (χ4n) is 5.02. The van der Waals surface area contributed by atoms with E-state index in [-0.39, 0.29) is 11.7 Å². The highest BCUT2D eigenvalue weighted by atomic mass is 35.5. The normalized spacial score (nSPS) is 20.8. The molecule has 4 nitrogen and oxygen atoms in total. The fraction of sp³-hybridized carbons (Fsp3) is 0.552. The van der Waals surface area contributed by atoms with E-state index in [0.717, 1.165) is 56.1 Å². The number of carbonyl (C=O) groups excluding carboxylic acids is 1. The van der Waals surface area contributed by atoms with Crippen molar-refractivity contribution in [1.82, 2.24) is 4.90 Å². The van der Waals surface area contributed by atoms with Crippen molar-refractivity contribution in [3.63, 3.8) is 0 Å². The highest BCUT2D eigenvalue weighted by Gasteiger charge is 2.31. The van der Waals surface area contributed by atoms with Gasteiger partial charge in [0.25, 0.3) is 0 Å². The zero-order valence-electron chi connectivity index (χ0n) is 21.6. The Labute approximate surface area is 224 Å². The van der Waals surface area contributed by atoms with Gasteiger partial charge in [-0.25, -0.2) is 9.18 Å². The number of halogens is 3. The Bertz CT molecular complexity index is 1080. The van der Waals surface area contributed by atoms with Gasteiger partial charge in [0.05, 0.1) is 5.56 Å². The van der Waals surface area contributed by atoms with E-state index in [0.29, 0.717) is 34.3 Å². The molecule has 0 bridgehead atoms. The molecule has 196 valence electrons. The van der Waals surface area contributed by atoms with Crippen LogP contribution in [-0.2, 0) is 11.3 Å². The Balaban J connectivity index is 1.48. The fourth-order valence-corrected chi connectivity index (χ4v) is 5.52. The van der Waals surface area contributed by atoms with Gasteiger partial charge in [0.1, 0.15) is 23.3 Å². The smallest absolute Gasteiger partial charge is 0.341 e. The van der Waals surface area contributed by atoms with Crippen molar-refractivity contribution in [3.8, 4) is 5.75 Å². The Kier molecular flexibility index (Phi) is 8.53. The molecular formula is C29H36Cl2FNO3. The van der Waals surface area contributed by atoms with Crippen LogP contribution in [0.4, 0.5) is 4.39 Å². The van der Waals surface area contributed by atoms with Gasteiger partial charge >= 0.3 is 5.97 Å². The molecule has 0 aliphatic heterocycles. The maximum absolute atomic E-state index is 15.1. The predicted molar refractivity (Wildman–Crippen MR) is 143 cm³/mol. The SMILES string of the molecule is CN(Cc1cc(F)c(C(=O)OC(C)(C)C)cc1C1CC1)[C@H]1CCCC[C@H](Oc2cc(Cl)cc(Cl)c2)C1. The molecule has 0 heterocycles. The molecule has 2 aliphatic rings. The number of hydrogen-bond acceptors (Lipinski definition) is 4. The second-order valence-electron chi connectivity index (χ2n) is 11.2. The van der Waals surface area contributed by atoms with E-state index < -0.39 is 17.4 Å². The van der Waals surface area contributed by atoms with Gasteiger partial charge in [-0.3, -0.25) is 4.90 Å². The molecule has 2 fully saturated rings. The summed E-state index contributed by atoms with van der Waals surface area (Å²) in [6, 6.07) is 8.87. The molecule has 2 aromatic carbocycles. The number of hydrogen-bond donors (Lipinski definition) is 0. The Morgan fingerprint density at radius 3 is 2.33 bits per heavy atom. The first-order valence-corrected chi connectivity index (χ1v) is 13.6. The molecule has 0 amide bonds. The molecule has 4 rings (SSSR count). The summed E-state index contributed by atoms with van der Waals surface area (Å²) >= 11 is 12.3. The lowest BCUT2D eigenvalue weighted by Crippen LogP contribution is -2.35. The van der Waals surface area contributed by atoms with Crippen LogP contribution in [0.2, 0.25) is 10.0 Å². The van der Waals surface area contributed by atoms with E-state index in [1.54, 1.807) is 51.1 Å². The lowest BCUT2D eigenvalue weighted by atomic mass is 9.97. The molecule has 0 spiro atoms. The zero-order chi connectivity index (χ0) is 26.0. The molecule has 0 unspecified atom stereocenters. The quantitative estimate of drug-likeness (QED) is 0.264. The lowest BCUT2D eigenvalue weighted by molar-refractivity contribution is 0.00645. The maximum atomic E-state index is 15.1. The van der Waals surface area contributed by atoms with Gasteiger partial charge in [0.2, 0.25) is 0 Å². The molecule has 0 N–H and O–H groups in total. The summed E-state index contributed by atoms with van der Waals surface area (Å²) in [4.78, 5) is 14.9. The average molecular weight is 537 g/mol. The highest BCUT2D eigenvalue weighted by Crippen LogP contribution is 2.43.